The van der Waals surface area contributed by atoms with Gasteiger partial charge < -0.3 is 14.2 Å². The number of ether oxygens (including phenoxy) is 3. The van der Waals surface area contributed by atoms with Crippen LogP contribution in [-0.2, 0) is 0 Å². The molecule has 94 valence electrons. The third-order valence-corrected chi connectivity index (χ3v) is 1.99. The van der Waals surface area contributed by atoms with Gasteiger partial charge in [0.15, 0.2) is 4.98 Å². The third kappa shape index (κ3) is 3.29. The molecule has 5 heteroatoms. The number of hydrogen-bond acceptors (Lipinski definition) is 4. The van der Waals surface area contributed by atoms with Crippen molar-refractivity contribution in [2.45, 2.75) is 20.8 Å². The van der Waals surface area contributed by atoms with Crippen molar-refractivity contribution in [3.63, 3.8) is 0 Å². The Morgan fingerprint density at radius 1 is 1.17 bits per heavy atom. The zero-order valence-electron chi connectivity index (χ0n) is 10.7. The van der Waals surface area contributed by atoms with Crippen molar-refractivity contribution in [2.75, 3.05) is 13.2 Å². The molecule has 0 bridgehead atoms. The molecule has 0 aromatic heterocycles. The van der Waals surface area contributed by atoms with E-state index in [4.69, 9.17) is 19.6 Å². The Balaban J connectivity index is 3.25. The van der Waals surface area contributed by atoms with E-state index in [0.717, 1.165) is 0 Å². The Morgan fingerprint density at radius 2 is 1.83 bits per heavy atom. The van der Waals surface area contributed by atoms with Crippen molar-refractivity contribution in [1.29, 1.82) is 5.39 Å². The first-order valence-corrected chi connectivity index (χ1v) is 5.64. The van der Waals surface area contributed by atoms with Crippen LogP contribution in [0.4, 0.5) is 5.69 Å². The van der Waals surface area contributed by atoms with Gasteiger partial charge in [0, 0.05) is 19.1 Å². The van der Waals surface area contributed by atoms with Gasteiger partial charge in [-0.3, -0.25) is 0 Å². The molecule has 0 atom stereocenters. The van der Waals surface area contributed by atoms with E-state index in [1.807, 2.05) is 13.8 Å². The Labute approximate surface area is 106 Å². The highest BCUT2D eigenvalue weighted by Gasteiger charge is 2.25. The first-order chi connectivity index (χ1) is 8.76. The van der Waals surface area contributed by atoms with Gasteiger partial charge in [0.05, 0.1) is 13.2 Å². The van der Waals surface area contributed by atoms with Crippen molar-refractivity contribution in [1.82, 2.24) is 0 Å². The van der Waals surface area contributed by atoms with Gasteiger partial charge in [0.1, 0.15) is 11.9 Å². The summed E-state index contributed by atoms with van der Waals surface area (Å²) >= 11 is 0. The highest BCUT2D eigenvalue weighted by Crippen LogP contribution is 2.41. The summed E-state index contributed by atoms with van der Waals surface area (Å²) in [6.07, 6.45) is 2.45. The molecule has 18 heavy (non-hydrogen) atoms. The molecule has 0 heterocycles. The van der Waals surface area contributed by atoms with Gasteiger partial charge in [-0.05, 0) is 13.8 Å². The summed E-state index contributed by atoms with van der Waals surface area (Å²) in [6, 6.07) is 3.25. The van der Waals surface area contributed by atoms with Crippen LogP contribution in [-0.4, -0.2) is 13.2 Å². The van der Waals surface area contributed by atoms with Gasteiger partial charge in [-0.15, -0.1) is 0 Å². The summed E-state index contributed by atoms with van der Waals surface area (Å²) in [4.78, 5) is 3.17. The summed E-state index contributed by atoms with van der Waals surface area (Å²) < 4.78 is 15.9. The van der Waals surface area contributed by atoms with E-state index in [-0.39, 0.29) is 5.69 Å². The molecule has 5 nitrogen and oxygen atoms in total. The summed E-state index contributed by atoms with van der Waals surface area (Å²) in [7, 11) is 0. The maximum atomic E-state index is 9.02. The van der Waals surface area contributed by atoms with Gasteiger partial charge in [0.2, 0.25) is 16.9 Å². The van der Waals surface area contributed by atoms with Crippen LogP contribution in [0.1, 0.15) is 20.8 Å². The van der Waals surface area contributed by atoms with Gasteiger partial charge in [0.25, 0.3) is 0 Å². The van der Waals surface area contributed by atoms with E-state index < -0.39 is 0 Å². The lowest BCUT2D eigenvalue weighted by molar-refractivity contribution is 0.322. The number of hydrogen-bond donors (Lipinski definition) is 0. The van der Waals surface area contributed by atoms with Crippen LogP contribution in [0.15, 0.2) is 12.1 Å². The van der Waals surface area contributed by atoms with Crippen LogP contribution in [0.5, 0.6) is 17.2 Å². The van der Waals surface area contributed by atoms with E-state index in [1.54, 1.807) is 19.1 Å². The zero-order valence-corrected chi connectivity index (χ0v) is 10.7. The van der Waals surface area contributed by atoms with Crippen molar-refractivity contribution >= 4 is 5.69 Å². The SMILES string of the molecule is CC#COc1cc(OCC)cc(OCC)c1[N+]#N. The first-order valence-electron chi connectivity index (χ1n) is 5.64. The summed E-state index contributed by atoms with van der Waals surface area (Å²) in [6.45, 7) is 6.31. The van der Waals surface area contributed by atoms with Crippen LogP contribution < -0.4 is 14.2 Å². The second-order valence-corrected chi connectivity index (χ2v) is 3.19. The van der Waals surface area contributed by atoms with E-state index in [9.17, 15) is 0 Å². The molecule has 0 fully saturated rings. The molecule has 1 rings (SSSR count). The second kappa shape index (κ2) is 7.03. The molecule has 0 aliphatic carbocycles. The van der Waals surface area contributed by atoms with Crippen molar-refractivity contribution in [2.24, 2.45) is 0 Å². The minimum Gasteiger partial charge on any atom is -0.494 e. The molecule has 0 radical (unpaired) electrons. The van der Waals surface area contributed by atoms with Crippen molar-refractivity contribution in [3.8, 4) is 29.3 Å². The Kier molecular flexibility index (Phi) is 5.34. The maximum Gasteiger partial charge on any atom is 0.469 e. The molecule has 1 aromatic rings. The molecule has 0 aliphatic rings. The fourth-order valence-corrected chi connectivity index (χ4v) is 1.36. The van der Waals surface area contributed by atoms with Gasteiger partial charge in [-0.2, -0.15) is 0 Å². The van der Waals surface area contributed by atoms with Crippen LogP contribution in [0, 0.1) is 17.4 Å². The van der Waals surface area contributed by atoms with E-state index in [1.165, 1.54) is 0 Å². The molecule has 0 saturated heterocycles. The highest BCUT2D eigenvalue weighted by molar-refractivity contribution is 5.69. The highest BCUT2D eigenvalue weighted by atomic mass is 16.5. The predicted octanol–water partition coefficient (Wildman–Crippen LogP) is 3.33. The molecular weight excluding hydrogens is 232 g/mol. The average Bonchev–Trinajstić information content (AvgIpc) is 2.37. The molecule has 0 N–H and O–H groups in total. The lowest BCUT2D eigenvalue weighted by atomic mass is 10.2. The summed E-state index contributed by atoms with van der Waals surface area (Å²) in [5.74, 6) is 3.84. The zero-order chi connectivity index (χ0) is 13.4. The number of nitrogens with zero attached hydrogens (tertiary/aromatic N) is 2. The number of benzene rings is 1. The smallest absolute Gasteiger partial charge is 0.469 e. The lowest BCUT2D eigenvalue weighted by Crippen LogP contribution is -1.97. The lowest BCUT2D eigenvalue weighted by Gasteiger charge is -2.06. The molecule has 0 amide bonds. The quantitative estimate of drug-likeness (QED) is 0.591. The molecule has 0 saturated carbocycles. The number of rotatable bonds is 5. The van der Waals surface area contributed by atoms with Gasteiger partial charge >= 0.3 is 5.69 Å². The van der Waals surface area contributed by atoms with Gasteiger partial charge in [-0.25, -0.2) is 0 Å². The standard InChI is InChI=1S/C13H15N2O3/c1-4-7-18-12-9-10(16-5-2)8-11(17-6-3)13(12)15-14/h8-9H,5-6H2,1-3H3/q+1. The second-order valence-electron chi connectivity index (χ2n) is 3.19. The minimum absolute atomic E-state index is 0.197. The summed E-state index contributed by atoms with van der Waals surface area (Å²) in [5.41, 5.74) is 0.197. The normalized spacial score (nSPS) is 8.78. The van der Waals surface area contributed by atoms with E-state index in [2.05, 4.69) is 17.0 Å². The van der Waals surface area contributed by atoms with Crippen LogP contribution >= 0.6 is 0 Å². The Morgan fingerprint density at radius 3 is 2.39 bits per heavy atom. The fourth-order valence-electron chi connectivity index (χ4n) is 1.36. The predicted molar refractivity (Wildman–Crippen MR) is 67.6 cm³/mol. The fraction of sp³-hybridized carbons (Fsp3) is 0.385. The molecule has 0 spiro atoms. The Bertz CT molecular complexity index is 509. The average molecular weight is 247 g/mol. The topological polar surface area (TPSA) is 55.8 Å². The monoisotopic (exact) mass is 247 g/mol. The first kappa shape index (κ1) is 13.7. The maximum absolute atomic E-state index is 9.02. The van der Waals surface area contributed by atoms with Crippen molar-refractivity contribution < 1.29 is 14.2 Å². The third-order valence-electron chi connectivity index (χ3n) is 1.99. The van der Waals surface area contributed by atoms with Gasteiger partial charge in [-0.1, -0.05) is 5.92 Å². The molecule has 0 unspecified atom stereocenters. The van der Waals surface area contributed by atoms with Crippen LogP contribution in [0.25, 0.3) is 4.98 Å². The number of diazo groups is 1. The molecular formula is C13H15N2O3+. The molecule has 0 aliphatic heterocycles. The van der Waals surface area contributed by atoms with Crippen molar-refractivity contribution in [3.05, 3.63) is 17.1 Å². The van der Waals surface area contributed by atoms with Crippen LogP contribution in [0.3, 0.4) is 0 Å². The van der Waals surface area contributed by atoms with Crippen LogP contribution in [0.2, 0.25) is 0 Å². The Hall–Kier alpha value is -2.40. The largest absolute Gasteiger partial charge is 0.494 e. The van der Waals surface area contributed by atoms with E-state index in [0.29, 0.717) is 30.5 Å². The minimum atomic E-state index is 0.197. The van der Waals surface area contributed by atoms with E-state index >= 15 is 0 Å². The summed E-state index contributed by atoms with van der Waals surface area (Å²) in [5, 5.41) is 9.02. The molecule has 1 aromatic carbocycles.